The Kier molecular flexibility index (Phi) is 5.93. The Morgan fingerprint density at radius 2 is 1.63 bits per heavy atom. The maximum absolute atomic E-state index is 6.50. The fourth-order valence-electron chi connectivity index (χ4n) is 4.68. The molecule has 2 aliphatic rings. The molecular weight excluding hydrogens is 452 g/mol. The van der Waals surface area contributed by atoms with Crippen molar-refractivity contribution in [1.29, 1.82) is 0 Å². The van der Waals surface area contributed by atoms with Gasteiger partial charge in [-0.2, -0.15) is 5.10 Å². The standard InChI is InChI=1S/C30H26N2O2S/c1-35-25-17-13-22(14-18-25)27-19-28-26-9-5-6-10-29(26)34-30(32(28)31-27)23-11-15-24(16-12-23)33-20-21-7-3-2-4-8-21/h2-18,28,30H,19-20H2,1H3. The Hall–Kier alpha value is -3.70. The topological polar surface area (TPSA) is 34.1 Å². The van der Waals surface area contributed by atoms with Gasteiger partial charge in [0, 0.05) is 22.4 Å². The van der Waals surface area contributed by atoms with Crippen molar-refractivity contribution in [2.24, 2.45) is 5.10 Å². The van der Waals surface area contributed by atoms with Crippen LogP contribution >= 0.6 is 11.8 Å². The highest BCUT2D eigenvalue weighted by atomic mass is 32.2. The van der Waals surface area contributed by atoms with Crippen molar-refractivity contribution in [2.45, 2.75) is 30.2 Å². The summed E-state index contributed by atoms with van der Waals surface area (Å²) in [6.45, 7) is 0.546. The van der Waals surface area contributed by atoms with Crippen molar-refractivity contribution in [1.82, 2.24) is 5.01 Å². The van der Waals surface area contributed by atoms with E-state index in [1.165, 1.54) is 10.5 Å². The number of benzene rings is 4. The minimum absolute atomic E-state index is 0.147. The predicted octanol–water partition coefficient (Wildman–Crippen LogP) is 7.23. The monoisotopic (exact) mass is 478 g/mol. The zero-order valence-electron chi connectivity index (χ0n) is 19.5. The number of para-hydroxylation sites is 1. The van der Waals surface area contributed by atoms with Crippen molar-refractivity contribution in [3.05, 3.63) is 125 Å². The largest absolute Gasteiger partial charge is 0.489 e. The van der Waals surface area contributed by atoms with Gasteiger partial charge in [-0.25, -0.2) is 5.01 Å². The van der Waals surface area contributed by atoms with Gasteiger partial charge in [0.1, 0.15) is 18.1 Å². The van der Waals surface area contributed by atoms with Gasteiger partial charge in [0.2, 0.25) is 6.23 Å². The summed E-state index contributed by atoms with van der Waals surface area (Å²) >= 11 is 1.75. The number of nitrogens with zero attached hydrogens (tertiary/aromatic N) is 2. The van der Waals surface area contributed by atoms with Crippen LogP contribution in [0.25, 0.3) is 0 Å². The van der Waals surface area contributed by atoms with Crippen LogP contribution < -0.4 is 9.47 Å². The van der Waals surface area contributed by atoms with E-state index in [-0.39, 0.29) is 12.3 Å². The molecule has 0 fully saturated rings. The molecule has 5 heteroatoms. The Labute approximate surface area is 210 Å². The van der Waals surface area contributed by atoms with Gasteiger partial charge in [-0.15, -0.1) is 11.8 Å². The molecule has 2 aliphatic heterocycles. The number of hydrogen-bond donors (Lipinski definition) is 0. The Bertz CT molecular complexity index is 1340. The molecule has 0 aromatic heterocycles. The van der Waals surface area contributed by atoms with Crippen LogP contribution in [0, 0.1) is 0 Å². The number of ether oxygens (including phenoxy) is 2. The quantitative estimate of drug-likeness (QED) is 0.274. The van der Waals surface area contributed by atoms with Crippen LogP contribution in [0.3, 0.4) is 0 Å². The molecule has 0 saturated heterocycles. The molecule has 2 heterocycles. The van der Waals surface area contributed by atoms with Crippen LogP contribution in [0.5, 0.6) is 11.5 Å². The highest BCUT2D eigenvalue weighted by molar-refractivity contribution is 7.98. The van der Waals surface area contributed by atoms with Gasteiger partial charge in [0.15, 0.2) is 0 Å². The van der Waals surface area contributed by atoms with Crippen molar-refractivity contribution in [3.8, 4) is 11.5 Å². The summed E-state index contributed by atoms with van der Waals surface area (Å²) in [5, 5.41) is 7.20. The summed E-state index contributed by atoms with van der Waals surface area (Å²) in [5.41, 5.74) is 5.65. The summed E-state index contributed by atoms with van der Waals surface area (Å²) in [5.74, 6) is 1.77. The van der Waals surface area contributed by atoms with Crippen LogP contribution in [0.1, 0.15) is 40.9 Å². The van der Waals surface area contributed by atoms with E-state index < -0.39 is 0 Å². The van der Waals surface area contributed by atoms with Gasteiger partial charge in [-0.1, -0.05) is 60.7 Å². The van der Waals surface area contributed by atoms with Gasteiger partial charge in [-0.3, -0.25) is 0 Å². The highest BCUT2D eigenvalue weighted by Gasteiger charge is 2.40. The first-order valence-corrected chi connectivity index (χ1v) is 13.0. The van der Waals surface area contributed by atoms with Crippen molar-refractivity contribution in [2.75, 3.05) is 6.26 Å². The van der Waals surface area contributed by atoms with E-state index in [1.807, 2.05) is 36.4 Å². The number of thioether (sulfide) groups is 1. The third-order valence-corrected chi connectivity index (χ3v) is 7.28. The second-order valence-corrected chi connectivity index (χ2v) is 9.61. The zero-order chi connectivity index (χ0) is 23.6. The lowest BCUT2D eigenvalue weighted by molar-refractivity contribution is -0.0190. The maximum Gasteiger partial charge on any atom is 0.213 e. The molecule has 6 rings (SSSR count). The molecule has 0 aliphatic carbocycles. The minimum Gasteiger partial charge on any atom is -0.489 e. The van der Waals surface area contributed by atoms with Gasteiger partial charge >= 0.3 is 0 Å². The summed E-state index contributed by atoms with van der Waals surface area (Å²) in [6.07, 6.45) is 2.66. The lowest BCUT2D eigenvalue weighted by atomic mass is 9.96. The first-order chi connectivity index (χ1) is 17.3. The smallest absolute Gasteiger partial charge is 0.213 e. The highest BCUT2D eigenvalue weighted by Crippen LogP contribution is 2.47. The normalized spacial score (nSPS) is 18.3. The minimum atomic E-state index is -0.291. The average Bonchev–Trinajstić information content (AvgIpc) is 3.38. The van der Waals surface area contributed by atoms with E-state index in [0.29, 0.717) is 6.61 Å². The first kappa shape index (κ1) is 21.8. The second kappa shape index (κ2) is 9.51. The zero-order valence-corrected chi connectivity index (χ0v) is 20.3. The third kappa shape index (κ3) is 4.40. The van der Waals surface area contributed by atoms with E-state index >= 15 is 0 Å². The Morgan fingerprint density at radius 3 is 2.40 bits per heavy atom. The lowest BCUT2D eigenvalue weighted by Gasteiger charge is -2.38. The summed E-state index contributed by atoms with van der Waals surface area (Å²) in [7, 11) is 0. The Morgan fingerprint density at radius 1 is 0.886 bits per heavy atom. The molecular formula is C30H26N2O2S. The average molecular weight is 479 g/mol. The van der Waals surface area contributed by atoms with Gasteiger partial charge < -0.3 is 9.47 Å². The number of fused-ring (bicyclic) bond motifs is 3. The van der Waals surface area contributed by atoms with E-state index in [1.54, 1.807) is 11.8 Å². The summed E-state index contributed by atoms with van der Waals surface area (Å²) in [4.78, 5) is 1.26. The molecule has 0 saturated carbocycles. The van der Waals surface area contributed by atoms with Crippen molar-refractivity contribution < 1.29 is 9.47 Å². The molecule has 0 N–H and O–H groups in total. The molecule has 2 unspecified atom stereocenters. The Balaban J connectivity index is 1.27. The second-order valence-electron chi connectivity index (χ2n) is 8.73. The van der Waals surface area contributed by atoms with Crippen LogP contribution in [0.4, 0.5) is 0 Å². The number of rotatable bonds is 6. The van der Waals surface area contributed by atoms with Crippen molar-refractivity contribution in [3.63, 3.8) is 0 Å². The molecule has 35 heavy (non-hydrogen) atoms. The lowest BCUT2D eigenvalue weighted by Crippen LogP contribution is -2.33. The molecule has 0 amide bonds. The van der Waals surface area contributed by atoms with Gasteiger partial charge in [0.25, 0.3) is 0 Å². The molecule has 174 valence electrons. The van der Waals surface area contributed by atoms with Crippen LogP contribution in [-0.4, -0.2) is 17.0 Å². The van der Waals surface area contributed by atoms with E-state index in [9.17, 15) is 0 Å². The summed E-state index contributed by atoms with van der Waals surface area (Å²) in [6, 6.07) is 35.5. The summed E-state index contributed by atoms with van der Waals surface area (Å²) < 4.78 is 12.5. The molecule has 0 bridgehead atoms. The number of hydrogen-bond acceptors (Lipinski definition) is 5. The van der Waals surface area contributed by atoms with Crippen molar-refractivity contribution >= 4 is 17.5 Å². The van der Waals surface area contributed by atoms with Crippen LogP contribution in [0.15, 0.2) is 113 Å². The number of hydrazone groups is 1. The predicted molar refractivity (Wildman–Crippen MR) is 141 cm³/mol. The third-order valence-electron chi connectivity index (χ3n) is 6.54. The SMILES string of the molecule is CSc1ccc(C2=NN3C(C2)c2ccccc2OC3c2ccc(OCc3ccccc3)cc2)cc1. The first-order valence-electron chi connectivity index (χ1n) is 11.8. The van der Waals surface area contributed by atoms with E-state index in [4.69, 9.17) is 14.6 Å². The van der Waals surface area contributed by atoms with Crippen LogP contribution in [-0.2, 0) is 6.61 Å². The van der Waals surface area contributed by atoms with Gasteiger partial charge in [0.05, 0.1) is 11.8 Å². The fraction of sp³-hybridized carbons (Fsp3) is 0.167. The molecule has 4 aromatic carbocycles. The van der Waals surface area contributed by atoms with E-state index in [0.717, 1.165) is 40.3 Å². The molecule has 0 radical (unpaired) electrons. The maximum atomic E-state index is 6.50. The molecule has 4 nitrogen and oxygen atoms in total. The van der Waals surface area contributed by atoms with Gasteiger partial charge in [-0.05, 0) is 59.8 Å². The van der Waals surface area contributed by atoms with E-state index in [2.05, 4.69) is 78.0 Å². The molecule has 2 atom stereocenters. The fourth-order valence-corrected chi connectivity index (χ4v) is 5.09. The van der Waals surface area contributed by atoms with Crippen LogP contribution in [0.2, 0.25) is 0 Å². The molecule has 4 aromatic rings. The molecule has 0 spiro atoms.